The first-order valence-corrected chi connectivity index (χ1v) is 11.5. The highest BCUT2D eigenvalue weighted by molar-refractivity contribution is 7.99. The van der Waals surface area contributed by atoms with Crippen molar-refractivity contribution in [1.82, 2.24) is 20.1 Å². The van der Waals surface area contributed by atoms with Gasteiger partial charge in [0.15, 0.2) is 11.0 Å². The lowest BCUT2D eigenvalue weighted by molar-refractivity contribution is -0.119. The van der Waals surface area contributed by atoms with E-state index >= 15 is 0 Å². The number of nitrogens with one attached hydrogen (secondary N) is 1. The number of nitrogens with zero attached hydrogens (tertiary/aromatic N) is 3. The van der Waals surface area contributed by atoms with Crippen LogP contribution in [0.3, 0.4) is 0 Å². The Kier molecular flexibility index (Phi) is 6.97. The van der Waals surface area contributed by atoms with Gasteiger partial charge < -0.3 is 14.6 Å². The molecule has 0 radical (unpaired) electrons. The van der Waals surface area contributed by atoms with Crippen molar-refractivity contribution >= 4 is 40.0 Å². The zero-order chi connectivity index (χ0) is 22.5. The Bertz CT molecular complexity index is 1230. The van der Waals surface area contributed by atoms with Crippen LogP contribution in [0.1, 0.15) is 24.4 Å². The molecule has 0 aliphatic heterocycles. The fraction of sp³-hybridized carbons (Fsp3) is 0.208. The number of benzene rings is 3. The van der Waals surface area contributed by atoms with E-state index in [9.17, 15) is 4.79 Å². The molecule has 0 unspecified atom stereocenters. The maximum Gasteiger partial charge on any atom is 0.230 e. The van der Waals surface area contributed by atoms with E-state index in [4.69, 9.17) is 16.3 Å². The number of rotatable bonds is 8. The predicted octanol–water partition coefficient (Wildman–Crippen LogP) is 5.17. The minimum Gasteiger partial charge on any atom is -0.486 e. The molecule has 1 N–H and O–H groups in total. The number of ether oxygens (including phenoxy) is 1. The minimum absolute atomic E-state index is 0.0578. The third kappa shape index (κ3) is 5.41. The van der Waals surface area contributed by atoms with Crippen LogP contribution in [0.5, 0.6) is 5.75 Å². The molecule has 1 atom stereocenters. The number of hydrogen-bond acceptors (Lipinski definition) is 5. The zero-order valence-corrected chi connectivity index (χ0v) is 19.4. The summed E-state index contributed by atoms with van der Waals surface area (Å²) in [6, 6.07) is 21.5. The topological polar surface area (TPSA) is 69.0 Å². The molecule has 0 aliphatic carbocycles. The van der Waals surface area contributed by atoms with Crippen LogP contribution in [0.4, 0.5) is 0 Å². The predicted molar refractivity (Wildman–Crippen MR) is 128 cm³/mol. The Morgan fingerprint density at radius 1 is 1.09 bits per heavy atom. The van der Waals surface area contributed by atoms with Crippen molar-refractivity contribution in [2.24, 2.45) is 7.05 Å². The molecule has 6 nitrogen and oxygen atoms in total. The molecule has 0 fully saturated rings. The van der Waals surface area contributed by atoms with Crippen molar-refractivity contribution < 1.29 is 9.53 Å². The molecule has 0 spiro atoms. The summed E-state index contributed by atoms with van der Waals surface area (Å²) in [5, 5.41) is 15.1. The van der Waals surface area contributed by atoms with Crippen LogP contribution in [-0.2, 0) is 18.4 Å². The van der Waals surface area contributed by atoms with E-state index in [0.717, 1.165) is 10.9 Å². The molecule has 0 aliphatic rings. The molecule has 3 aromatic carbocycles. The normalized spacial score (nSPS) is 12.0. The van der Waals surface area contributed by atoms with Crippen molar-refractivity contribution in [2.75, 3.05) is 5.75 Å². The molecule has 1 aromatic heterocycles. The van der Waals surface area contributed by atoms with Gasteiger partial charge in [-0.15, -0.1) is 10.2 Å². The molecular weight excluding hydrogens is 444 g/mol. The lowest BCUT2D eigenvalue weighted by Gasteiger charge is -2.15. The van der Waals surface area contributed by atoms with Gasteiger partial charge in [0.2, 0.25) is 5.91 Å². The number of hydrogen-bond donors (Lipinski definition) is 1. The van der Waals surface area contributed by atoms with Crippen molar-refractivity contribution in [2.45, 2.75) is 24.7 Å². The maximum atomic E-state index is 12.5. The third-order valence-corrected chi connectivity index (χ3v) is 6.36. The largest absolute Gasteiger partial charge is 0.486 e. The molecule has 8 heteroatoms. The van der Waals surface area contributed by atoms with Crippen LogP contribution >= 0.6 is 23.4 Å². The average molecular weight is 467 g/mol. The number of halogens is 1. The summed E-state index contributed by atoms with van der Waals surface area (Å²) >= 11 is 7.23. The number of amides is 1. The van der Waals surface area contributed by atoms with Gasteiger partial charge in [0.05, 0.1) is 11.8 Å². The third-order valence-electron chi connectivity index (χ3n) is 5.09. The van der Waals surface area contributed by atoms with E-state index in [1.54, 1.807) is 24.3 Å². The van der Waals surface area contributed by atoms with E-state index in [-0.39, 0.29) is 24.3 Å². The van der Waals surface area contributed by atoms with Crippen molar-refractivity contribution in [3.05, 3.63) is 83.1 Å². The molecule has 4 rings (SSSR count). The van der Waals surface area contributed by atoms with Crippen LogP contribution < -0.4 is 10.1 Å². The first kappa shape index (κ1) is 22.2. The smallest absolute Gasteiger partial charge is 0.230 e. The van der Waals surface area contributed by atoms with Gasteiger partial charge in [0.25, 0.3) is 0 Å². The first-order chi connectivity index (χ1) is 15.5. The summed E-state index contributed by atoms with van der Waals surface area (Å²) in [4.78, 5) is 12.5. The number of carbonyl (C=O) groups is 1. The Morgan fingerprint density at radius 2 is 1.84 bits per heavy atom. The Balaban J connectivity index is 1.30. The van der Waals surface area contributed by atoms with Gasteiger partial charge in [-0.3, -0.25) is 4.79 Å². The summed E-state index contributed by atoms with van der Waals surface area (Å²) in [7, 11) is 1.86. The van der Waals surface area contributed by atoms with E-state index in [1.165, 1.54) is 17.1 Å². The van der Waals surface area contributed by atoms with E-state index in [0.29, 0.717) is 21.8 Å². The molecule has 164 valence electrons. The average Bonchev–Trinajstić information content (AvgIpc) is 3.16. The number of carbonyl (C=O) groups excluding carboxylic acids is 1. The maximum absolute atomic E-state index is 12.5. The lowest BCUT2D eigenvalue weighted by atomic mass is 10.0. The number of thioether (sulfide) groups is 1. The number of fused-ring (bicyclic) bond motifs is 1. The summed E-state index contributed by atoms with van der Waals surface area (Å²) in [5.74, 6) is 1.57. The highest BCUT2D eigenvalue weighted by atomic mass is 35.5. The number of aromatic nitrogens is 3. The molecule has 0 bridgehead atoms. The summed E-state index contributed by atoms with van der Waals surface area (Å²) in [6.45, 7) is 2.26. The summed E-state index contributed by atoms with van der Waals surface area (Å²) < 4.78 is 7.56. The minimum atomic E-state index is -0.0875. The molecule has 1 heterocycles. The summed E-state index contributed by atoms with van der Waals surface area (Å²) in [5.41, 5.74) is 1.07. The fourth-order valence-corrected chi connectivity index (χ4v) is 4.12. The van der Waals surface area contributed by atoms with Gasteiger partial charge >= 0.3 is 0 Å². The molecule has 0 saturated carbocycles. The molecule has 1 amide bonds. The first-order valence-electron chi connectivity index (χ1n) is 10.2. The van der Waals surface area contributed by atoms with Crippen LogP contribution in [0.15, 0.2) is 71.9 Å². The zero-order valence-electron chi connectivity index (χ0n) is 17.8. The van der Waals surface area contributed by atoms with Gasteiger partial charge in [-0.1, -0.05) is 59.8 Å². The second-order valence-electron chi connectivity index (χ2n) is 7.38. The van der Waals surface area contributed by atoms with Crippen LogP contribution in [-0.4, -0.2) is 26.4 Å². The summed E-state index contributed by atoms with van der Waals surface area (Å²) in [6.07, 6.45) is 0. The monoisotopic (exact) mass is 466 g/mol. The van der Waals surface area contributed by atoms with Gasteiger partial charge in [-0.05, 0) is 53.6 Å². The van der Waals surface area contributed by atoms with Gasteiger partial charge in [-0.25, -0.2) is 0 Å². The second-order valence-corrected chi connectivity index (χ2v) is 8.76. The van der Waals surface area contributed by atoms with Crippen molar-refractivity contribution in [1.29, 1.82) is 0 Å². The molecule has 32 heavy (non-hydrogen) atoms. The quantitative estimate of drug-likeness (QED) is 0.363. The Labute approximate surface area is 195 Å². The molecule has 0 saturated heterocycles. The molecule has 4 aromatic rings. The Hall–Kier alpha value is -3.03. The fourth-order valence-electron chi connectivity index (χ4n) is 3.25. The van der Waals surface area contributed by atoms with Crippen molar-refractivity contribution in [3.63, 3.8) is 0 Å². The van der Waals surface area contributed by atoms with E-state index in [2.05, 4.69) is 45.8 Å². The standard InChI is InChI=1S/C24H23ClN4O2S/c1-16(18-8-7-17-5-3-4-6-19(17)13-18)26-23(30)15-32-24-28-27-22(29(24)2)14-31-21-11-9-20(25)10-12-21/h3-13,16H,14-15H2,1-2H3,(H,26,30)/t16-/m0/s1. The van der Waals surface area contributed by atoms with Gasteiger partial charge in [-0.2, -0.15) is 0 Å². The van der Waals surface area contributed by atoms with E-state index < -0.39 is 0 Å². The SMILES string of the molecule is C[C@H](NC(=O)CSc1nnc(COc2ccc(Cl)cc2)n1C)c1ccc2ccccc2c1. The Morgan fingerprint density at radius 3 is 2.62 bits per heavy atom. The highest BCUT2D eigenvalue weighted by Gasteiger charge is 2.14. The van der Waals surface area contributed by atoms with Gasteiger partial charge in [0, 0.05) is 12.1 Å². The highest BCUT2D eigenvalue weighted by Crippen LogP contribution is 2.22. The van der Waals surface area contributed by atoms with Gasteiger partial charge in [0.1, 0.15) is 12.4 Å². The van der Waals surface area contributed by atoms with Crippen LogP contribution in [0, 0.1) is 0 Å². The van der Waals surface area contributed by atoms with E-state index in [1.807, 2.05) is 30.7 Å². The van der Waals surface area contributed by atoms with Crippen molar-refractivity contribution in [3.8, 4) is 5.75 Å². The molecular formula is C24H23ClN4O2S. The lowest BCUT2D eigenvalue weighted by Crippen LogP contribution is -2.28. The van der Waals surface area contributed by atoms with Crippen LogP contribution in [0.2, 0.25) is 5.02 Å². The van der Waals surface area contributed by atoms with Crippen LogP contribution in [0.25, 0.3) is 10.8 Å². The second kappa shape index (κ2) is 10.1.